The summed E-state index contributed by atoms with van der Waals surface area (Å²) in [5.74, 6) is -0.297. The molecule has 0 aromatic heterocycles. The first kappa shape index (κ1) is 22.7. The Balaban J connectivity index is 1.45. The van der Waals surface area contributed by atoms with Crippen LogP contribution < -0.4 is 15.0 Å². The van der Waals surface area contributed by atoms with Crippen LogP contribution in [0.25, 0.3) is 0 Å². The van der Waals surface area contributed by atoms with E-state index < -0.39 is 24.1 Å². The zero-order valence-corrected chi connectivity index (χ0v) is 19.5. The van der Waals surface area contributed by atoms with E-state index >= 15 is 0 Å². The number of ether oxygens (including phenoxy) is 2. The highest BCUT2D eigenvalue weighted by atomic mass is 35.5. The zero-order chi connectivity index (χ0) is 23.8. The second-order valence-corrected chi connectivity index (χ2v) is 9.28. The van der Waals surface area contributed by atoms with E-state index in [0.717, 1.165) is 30.6 Å². The Morgan fingerprint density at radius 2 is 1.91 bits per heavy atom. The van der Waals surface area contributed by atoms with Gasteiger partial charge in [0.05, 0.1) is 30.6 Å². The molecule has 3 fully saturated rings. The minimum Gasteiger partial charge on any atom is -0.495 e. The van der Waals surface area contributed by atoms with Gasteiger partial charge in [-0.25, -0.2) is 9.69 Å². The number of fused-ring (bicyclic) bond motifs is 3. The fourth-order valence-corrected chi connectivity index (χ4v) is 5.54. The Bertz CT molecular complexity index is 1110. The molecular weight excluding hydrogens is 458 g/mol. The third kappa shape index (κ3) is 4.01. The molecule has 4 amide bonds. The SMILES string of the molecule is COc1ccc(Cl)cc1NC(=O)CN1C(=O)N(c2ccccc2)C(=O)C2OC3CCCCC3C21. The molecule has 1 saturated carbocycles. The number of hydrogen-bond donors (Lipinski definition) is 1. The van der Waals surface area contributed by atoms with Crippen molar-refractivity contribution in [2.24, 2.45) is 5.92 Å². The summed E-state index contributed by atoms with van der Waals surface area (Å²) in [5, 5.41) is 3.25. The molecule has 1 aliphatic carbocycles. The zero-order valence-electron chi connectivity index (χ0n) is 18.8. The standard InChI is InChI=1S/C25H26ClN3O5/c1-33-20-12-11-15(26)13-18(20)27-21(30)14-28-22-17-9-5-6-10-19(17)34-23(22)24(31)29(25(28)32)16-7-3-2-4-8-16/h2-4,7-8,11-13,17,19,22-23H,5-6,9-10,14H2,1H3,(H,27,30). The first-order valence-corrected chi connectivity index (χ1v) is 11.8. The highest BCUT2D eigenvalue weighted by molar-refractivity contribution is 6.31. The maximum Gasteiger partial charge on any atom is 0.332 e. The summed E-state index contributed by atoms with van der Waals surface area (Å²) in [5.41, 5.74) is 0.867. The van der Waals surface area contributed by atoms with E-state index in [9.17, 15) is 14.4 Å². The summed E-state index contributed by atoms with van der Waals surface area (Å²) in [7, 11) is 1.50. The van der Waals surface area contributed by atoms with E-state index in [1.165, 1.54) is 12.0 Å². The normalized spacial score (nSPS) is 26.2. The number of carbonyl (C=O) groups is 3. The van der Waals surface area contributed by atoms with Crippen LogP contribution in [0.2, 0.25) is 5.02 Å². The molecular formula is C25H26ClN3O5. The van der Waals surface area contributed by atoms with Crippen molar-refractivity contribution in [1.29, 1.82) is 0 Å². The molecule has 2 aromatic carbocycles. The number of para-hydroxylation sites is 1. The van der Waals surface area contributed by atoms with Gasteiger partial charge in [-0.3, -0.25) is 9.59 Å². The van der Waals surface area contributed by atoms with Gasteiger partial charge in [0.2, 0.25) is 5.91 Å². The van der Waals surface area contributed by atoms with Crippen LogP contribution in [-0.4, -0.2) is 54.6 Å². The number of halogens is 1. The van der Waals surface area contributed by atoms with Crippen LogP contribution in [0.3, 0.4) is 0 Å². The van der Waals surface area contributed by atoms with Crippen LogP contribution in [0.4, 0.5) is 16.2 Å². The van der Waals surface area contributed by atoms with Gasteiger partial charge in [-0.05, 0) is 43.2 Å². The Morgan fingerprint density at radius 3 is 2.68 bits per heavy atom. The lowest BCUT2D eigenvalue weighted by Gasteiger charge is -2.42. The van der Waals surface area contributed by atoms with E-state index in [1.807, 2.05) is 6.07 Å². The van der Waals surface area contributed by atoms with Crippen LogP contribution in [0.15, 0.2) is 48.5 Å². The monoisotopic (exact) mass is 483 g/mol. The molecule has 2 aliphatic heterocycles. The maximum atomic E-state index is 13.7. The second kappa shape index (κ2) is 9.27. The maximum absolute atomic E-state index is 13.7. The van der Waals surface area contributed by atoms with Crippen molar-refractivity contribution in [3.63, 3.8) is 0 Å². The van der Waals surface area contributed by atoms with Crippen molar-refractivity contribution < 1.29 is 23.9 Å². The first-order valence-electron chi connectivity index (χ1n) is 11.5. The third-order valence-electron chi connectivity index (χ3n) is 6.85. The molecule has 2 heterocycles. The van der Waals surface area contributed by atoms with Gasteiger partial charge >= 0.3 is 6.03 Å². The minimum atomic E-state index is -0.792. The summed E-state index contributed by atoms with van der Waals surface area (Å²) in [6, 6.07) is 12.7. The van der Waals surface area contributed by atoms with Gasteiger partial charge in [0.25, 0.3) is 5.91 Å². The summed E-state index contributed by atoms with van der Waals surface area (Å²) in [4.78, 5) is 42.9. The Labute approximate surface area is 202 Å². The number of hydrogen-bond acceptors (Lipinski definition) is 5. The summed E-state index contributed by atoms with van der Waals surface area (Å²) >= 11 is 6.09. The molecule has 9 heteroatoms. The average Bonchev–Trinajstić information content (AvgIpc) is 3.23. The van der Waals surface area contributed by atoms with Gasteiger partial charge in [-0.15, -0.1) is 0 Å². The van der Waals surface area contributed by atoms with E-state index in [4.69, 9.17) is 21.1 Å². The minimum absolute atomic E-state index is 0.0260. The van der Waals surface area contributed by atoms with Gasteiger partial charge < -0.3 is 19.7 Å². The van der Waals surface area contributed by atoms with Crippen LogP contribution >= 0.6 is 11.6 Å². The smallest absolute Gasteiger partial charge is 0.332 e. The summed E-state index contributed by atoms with van der Waals surface area (Å²) in [6.45, 7) is -0.223. The lowest BCUT2D eigenvalue weighted by atomic mass is 9.81. The third-order valence-corrected chi connectivity index (χ3v) is 7.08. The fraction of sp³-hybridized carbons (Fsp3) is 0.400. The number of rotatable bonds is 5. The van der Waals surface area contributed by atoms with Gasteiger partial charge in [0, 0.05) is 10.9 Å². The molecule has 4 atom stereocenters. The lowest BCUT2D eigenvalue weighted by Crippen LogP contribution is -2.65. The van der Waals surface area contributed by atoms with Crippen molar-refractivity contribution >= 4 is 40.8 Å². The molecule has 0 radical (unpaired) electrons. The molecule has 8 nitrogen and oxygen atoms in total. The Kier molecular flexibility index (Phi) is 6.18. The number of imide groups is 1. The number of urea groups is 1. The predicted octanol–water partition coefficient (Wildman–Crippen LogP) is 4.08. The van der Waals surface area contributed by atoms with Crippen LogP contribution in [-0.2, 0) is 14.3 Å². The van der Waals surface area contributed by atoms with Crippen LogP contribution in [0.5, 0.6) is 5.75 Å². The van der Waals surface area contributed by atoms with Crippen molar-refractivity contribution in [2.45, 2.75) is 43.9 Å². The largest absolute Gasteiger partial charge is 0.495 e. The van der Waals surface area contributed by atoms with Gasteiger partial charge in [-0.2, -0.15) is 0 Å². The molecule has 1 N–H and O–H groups in total. The van der Waals surface area contributed by atoms with Crippen molar-refractivity contribution in [2.75, 3.05) is 23.9 Å². The molecule has 5 rings (SSSR count). The van der Waals surface area contributed by atoms with Crippen LogP contribution in [0.1, 0.15) is 25.7 Å². The van der Waals surface area contributed by atoms with E-state index in [1.54, 1.807) is 42.5 Å². The topological polar surface area (TPSA) is 88.2 Å². The number of nitrogens with one attached hydrogen (secondary N) is 1. The number of nitrogens with zero attached hydrogens (tertiary/aromatic N) is 2. The van der Waals surface area contributed by atoms with Crippen molar-refractivity contribution in [3.05, 3.63) is 53.6 Å². The van der Waals surface area contributed by atoms with Gasteiger partial charge in [-0.1, -0.05) is 42.6 Å². The molecule has 0 bridgehead atoms. The van der Waals surface area contributed by atoms with Crippen LogP contribution in [0, 0.1) is 5.92 Å². The molecule has 2 aromatic rings. The molecule has 34 heavy (non-hydrogen) atoms. The number of methoxy groups -OCH3 is 1. The van der Waals surface area contributed by atoms with E-state index in [2.05, 4.69) is 5.32 Å². The average molecular weight is 484 g/mol. The number of amides is 4. The van der Waals surface area contributed by atoms with Crippen molar-refractivity contribution in [3.8, 4) is 5.75 Å². The molecule has 178 valence electrons. The Hall–Kier alpha value is -3.10. The molecule has 3 aliphatic rings. The lowest BCUT2D eigenvalue weighted by molar-refractivity contribution is -0.133. The summed E-state index contributed by atoms with van der Waals surface area (Å²) < 4.78 is 11.5. The van der Waals surface area contributed by atoms with E-state index in [-0.39, 0.29) is 24.5 Å². The highest BCUT2D eigenvalue weighted by Crippen LogP contribution is 2.43. The number of carbonyl (C=O) groups excluding carboxylic acids is 3. The van der Waals surface area contributed by atoms with Crippen molar-refractivity contribution in [1.82, 2.24) is 4.90 Å². The molecule has 2 saturated heterocycles. The predicted molar refractivity (Wildman–Crippen MR) is 127 cm³/mol. The number of anilines is 2. The van der Waals surface area contributed by atoms with Gasteiger partial charge in [0.1, 0.15) is 12.3 Å². The van der Waals surface area contributed by atoms with Gasteiger partial charge in [0.15, 0.2) is 6.10 Å². The molecule has 4 unspecified atom stereocenters. The quantitative estimate of drug-likeness (QED) is 0.692. The Morgan fingerprint density at radius 1 is 1.15 bits per heavy atom. The summed E-state index contributed by atoms with van der Waals surface area (Å²) in [6.07, 6.45) is 2.87. The highest BCUT2D eigenvalue weighted by Gasteiger charge is 2.58. The second-order valence-electron chi connectivity index (χ2n) is 8.85. The number of benzene rings is 2. The molecule has 0 spiro atoms. The fourth-order valence-electron chi connectivity index (χ4n) is 5.36. The van der Waals surface area contributed by atoms with E-state index in [0.29, 0.717) is 22.1 Å². The first-order chi connectivity index (χ1) is 16.5.